The number of aliphatic hydroxyl groups excluding tert-OH is 1. The van der Waals surface area contributed by atoms with Gasteiger partial charge in [-0.05, 0) is 37.1 Å². The Morgan fingerprint density at radius 1 is 1.30 bits per heavy atom. The highest BCUT2D eigenvalue weighted by molar-refractivity contribution is 7.99. The van der Waals surface area contributed by atoms with Gasteiger partial charge in [0, 0.05) is 38.1 Å². The number of benzene rings is 1. The Hall–Kier alpha value is -1.24. The molecular weight excluding hydrogens is 360 g/mol. The summed E-state index contributed by atoms with van der Waals surface area (Å²) in [6, 6.07) is 9.89. The molecule has 3 rings (SSSR count). The molecule has 2 aliphatic rings. The zero-order valence-corrected chi connectivity index (χ0v) is 17.1. The molecule has 1 N–H and O–H groups in total. The summed E-state index contributed by atoms with van der Waals surface area (Å²) in [5.74, 6) is 2.63. The average Bonchev–Trinajstić information content (AvgIpc) is 2.70. The Bertz CT molecular complexity index is 600. The fourth-order valence-electron chi connectivity index (χ4n) is 4.30. The Morgan fingerprint density at radius 3 is 2.89 bits per heavy atom. The minimum Gasteiger partial charge on any atom is -0.492 e. The first kappa shape index (κ1) is 20.5. The van der Waals surface area contributed by atoms with Gasteiger partial charge in [-0.15, -0.1) is 0 Å². The maximum absolute atomic E-state index is 12.5. The van der Waals surface area contributed by atoms with Gasteiger partial charge in [0.05, 0.1) is 11.9 Å². The standard InChI is InChI=1S/C21H32N2O3S/c1-2-27-15-20(25)23-11-6-10-21(17-23)16-22(12-9-19(21)24)13-14-26-18-7-4-3-5-8-18/h3-5,7-8,19,24H,2,6,9-17H2,1H3/t19-,21-/m1/s1. The highest BCUT2D eigenvalue weighted by atomic mass is 32.2. The van der Waals surface area contributed by atoms with E-state index >= 15 is 0 Å². The summed E-state index contributed by atoms with van der Waals surface area (Å²) in [5.41, 5.74) is -0.185. The second-order valence-electron chi connectivity index (χ2n) is 7.66. The van der Waals surface area contributed by atoms with Crippen LogP contribution in [-0.2, 0) is 4.79 Å². The first-order chi connectivity index (χ1) is 13.1. The molecular formula is C21H32N2O3S. The van der Waals surface area contributed by atoms with Crippen LogP contribution in [0.5, 0.6) is 5.75 Å². The average molecular weight is 393 g/mol. The Kier molecular flexibility index (Phi) is 7.44. The number of carbonyl (C=O) groups is 1. The van der Waals surface area contributed by atoms with E-state index in [-0.39, 0.29) is 17.4 Å². The van der Waals surface area contributed by atoms with Crippen molar-refractivity contribution in [3.8, 4) is 5.75 Å². The third kappa shape index (κ3) is 5.39. The molecule has 2 atom stereocenters. The van der Waals surface area contributed by atoms with Crippen molar-refractivity contribution in [1.82, 2.24) is 9.80 Å². The van der Waals surface area contributed by atoms with E-state index in [4.69, 9.17) is 4.74 Å². The van der Waals surface area contributed by atoms with Gasteiger partial charge >= 0.3 is 0 Å². The van der Waals surface area contributed by atoms with Gasteiger partial charge in [0.15, 0.2) is 0 Å². The number of piperidine rings is 2. The highest BCUT2D eigenvalue weighted by Gasteiger charge is 2.46. The molecule has 2 aliphatic heterocycles. The van der Waals surface area contributed by atoms with Crippen LogP contribution in [0.15, 0.2) is 30.3 Å². The molecule has 6 heteroatoms. The molecule has 1 aromatic rings. The topological polar surface area (TPSA) is 53.0 Å². The van der Waals surface area contributed by atoms with Gasteiger partial charge in [-0.1, -0.05) is 25.1 Å². The number of ether oxygens (including phenoxy) is 1. The molecule has 2 heterocycles. The quantitative estimate of drug-likeness (QED) is 0.773. The minimum absolute atomic E-state index is 0.185. The normalized spacial score (nSPS) is 26.3. The molecule has 0 aliphatic carbocycles. The number of nitrogens with zero attached hydrogens (tertiary/aromatic N) is 2. The predicted molar refractivity (Wildman–Crippen MR) is 110 cm³/mol. The third-order valence-corrected chi connectivity index (χ3v) is 6.63. The summed E-state index contributed by atoms with van der Waals surface area (Å²) in [4.78, 5) is 16.9. The number of para-hydroxylation sites is 1. The summed E-state index contributed by atoms with van der Waals surface area (Å²) < 4.78 is 5.84. The van der Waals surface area contributed by atoms with Crippen molar-refractivity contribution in [2.45, 2.75) is 32.3 Å². The van der Waals surface area contributed by atoms with Gasteiger partial charge in [0.25, 0.3) is 0 Å². The lowest BCUT2D eigenvalue weighted by Crippen LogP contribution is -2.60. The van der Waals surface area contributed by atoms with Crippen molar-refractivity contribution in [3.63, 3.8) is 0 Å². The highest BCUT2D eigenvalue weighted by Crippen LogP contribution is 2.39. The lowest BCUT2D eigenvalue weighted by atomic mass is 9.71. The first-order valence-corrected chi connectivity index (χ1v) is 11.2. The smallest absolute Gasteiger partial charge is 0.232 e. The van der Waals surface area contributed by atoms with Gasteiger partial charge in [-0.25, -0.2) is 0 Å². The molecule has 0 aromatic heterocycles. The second kappa shape index (κ2) is 9.80. The number of likely N-dealkylation sites (tertiary alicyclic amines) is 2. The number of carbonyl (C=O) groups excluding carboxylic acids is 1. The van der Waals surface area contributed by atoms with Crippen LogP contribution in [0.1, 0.15) is 26.2 Å². The Morgan fingerprint density at radius 2 is 2.11 bits per heavy atom. The van der Waals surface area contributed by atoms with Crippen molar-refractivity contribution >= 4 is 17.7 Å². The molecule has 0 bridgehead atoms. The van der Waals surface area contributed by atoms with E-state index in [1.54, 1.807) is 11.8 Å². The van der Waals surface area contributed by atoms with Crippen LogP contribution in [-0.4, -0.2) is 77.8 Å². The summed E-state index contributed by atoms with van der Waals surface area (Å²) in [7, 11) is 0. The lowest BCUT2D eigenvalue weighted by molar-refractivity contribution is -0.138. The molecule has 0 unspecified atom stereocenters. The monoisotopic (exact) mass is 392 g/mol. The van der Waals surface area contributed by atoms with Gasteiger partial charge in [0.1, 0.15) is 12.4 Å². The van der Waals surface area contributed by atoms with Crippen molar-refractivity contribution in [2.75, 3.05) is 50.8 Å². The first-order valence-electron chi connectivity index (χ1n) is 10.1. The number of amides is 1. The zero-order valence-electron chi connectivity index (χ0n) is 16.3. The predicted octanol–water partition coefficient (Wildman–Crippen LogP) is 2.49. The zero-order chi connectivity index (χ0) is 19.1. The van der Waals surface area contributed by atoms with Gasteiger partial charge in [0.2, 0.25) is 5.91 Å². The third-order valence-electron chi connectivity index (χ3n) is 5.77. The summed E-state index contributed by atoms with van der Waals surface area (Å²) >= 11 is 1.67. The van der Waals surface area contributed by atoms with Crippen molar-refractivity contribution in [3.05, 3.63) is 30.3 Å². The van der Waals surface area contributed by atoms with E-state index < -0.39 is 0 Å². The molecule has 1 spiro atoms. The SMILES string of the molecule is CCSCC(=O)N1CCC[C@@]2(CN(CCOc3ccccc3)CC[C@H]2O)C1. The maximum atomic E-state index is 12.5. The van der Waals surface area contributed by atoms with Crippen molar-refractivity contribution in [1.29, 1.82) is 0 Å². The van der Waals surface area contributed by atoms with Gasteiger partial charge < -0.3 is 14.7 Å². The number of hydrogen-bond acceptors (Lipinski definition) is 5. The van der Waals surface area contributed by atoms with E-state index in [1.165, 1.54) is 0 Å². The number of aliphatic hydroxyl groups is 1. The molecule has 1 amide bonds. The minimum atomic E-state index is -0.321. The van der Waals surface area contributed by atoms with E-state index in [0.29, 0.717) is 18.9 Å². The van der Waals surface area contributed by atoms with Crippen LogP contribution in [0.4, 0.5) is 0 Å². The fourth-order valence-corrected chi connectivity index (χ4v) is 4.86. The largest absolute Gasteiger partial charge is 0.492 e. The van der Waals surface area contributed by atoms with Crippen molar-refractivity contribution in [2.24, 2.45) is 5.41 Å². The van der Waals surface area contributed by atoms with Gasteiger partial charge in [-0.3, -0.25) is 9.69 Å². The van der Waals surface area contributed by atoms with Crippen LogP contribution in [0, 0.1) is 5.41 Å². The fraction of sp³-hybridized carbons (Fsp3) is 0.667. The molecule has 0 radical (unpaired) electrons. The molecule has 2 fully saturated rings. The van der Waals surface area contributed by atoms with Crippen LogP contribution in [0.3, 0.4) is 0 Å². The van der Waals surface area contributed by atoms with Crippen LogP contribution < -0.4 is 4.74 Å². The maximum Gasteiger partial charge on any atom is 0.232 e. The molecule has 5 nitrogen and oxygen atoms in total. The number of thioether (sulfide) groups is 1. The molecule has 1 aromatic carbocycles. The Balaban J connectivity index is 1.54. The number of rotatable bonds is 7. The van der Waals surface area contributed by atoms with E-state index in [1.807, 2.05) is 35.2 Å². The summed E-state index contributed by atoms with van der Waals surface area (Å²) in [6.45, 7) is 6.82. The Labute approximate surface area is 167 Å². The van der Waals surface area contributed by atoms with E-state index in [0.717, 1.165) is 56.9 Å². The second-order valence-corrected chi connectivity index (χ2v) is 8.93. The van der Waals surface area contributed by atoms with Crippen LogP contribution in [0.25, 0.3) is 0 Å². The van der Waals surface area contributed by atoms with Crippen molar-refractivity contribution < 1.29 is 14.6 Å². The molecule has 150 valence electrons. The summed E-state index contributed by atoms with van der Waals surface area (Å²) in [6.07, 6.45) is 2.43. The van der Waals surface area contributed by atoms with E-state index in [9.17, 15) is 9.90 Å². The van der Waals surface area contributed by atoms with Gasteiger partial charge in [-0.2, -0.15) is 11.8 Å². The van der Waals surface area contributed by atoms with Crippen LogP contribution in [0.2, 0.25) is 0 Å². The van der Waals surface area contributed by atoms with Crippen LogP contribution >= 0.6 is 11.8 Å². The molecule has 0 saturated carbocycles. The molecule has 27 heavy (non-hydrogen) atoms. The molecule has 2 saturated heterocycles. The number of hydrogen-bond donors (Lipinski definition) is 1. The summed E-state index contributed by atoms with van der Waals surface area (Å²) in [5, 5.41) is 10.8. The lowest BCUT2D eigenvalue weighted by Gasteiger charge is -2.51. The van der Waals surface area contributed by atoms with E-state index in [2.05, 4.69) is 11.8 Å².